The Morgan fingerprint density at radius 3 is 2.76 bits per heavy atom. The van der Waals surface area contributed by atoms with Crippen LogP contribution in [0.4, 0.5) is 0 Å². The Balaban J connectivity index is 1.76. The molecular weight excluding hydrogens is 346 g/mol. The van der Waals surface area contributed by atoms with Gasteiger partial charge in [-0.2, -0.15) is 0 Å². The van der Waals surface area contributed by atoms with E-state index >= 15 is 0 Å². The summed E-state index contributed by atoms with van der Waals surface area (Å²) in [5.41, 5.74) is 8.36. The minimum Gasteiger partial charge on any atom is -0.459 e. The molecule has 1 aromatic heterocycles. The van der Waals surface area contributed by atoms with E-state index in [4.69, 9.17) is 10.2 Å². The number of furan rings is 1. The van der Waals surface area contributed by atoms with Gasteiger partial charge in [-0.15, -0.1) is 11.8 Å². The van der Waals surface area contributed by atoms with Crippen molar-refractivity contribution in [3.05, 3.63) is 64.3 Å². The average Bonchev–Trinajstić information content (AvgIpc) is 2.92. The van der Waals surface area contributed by atoms with Crippen molar-refractivity contribution in [1.82, 2.24) is 0 Å². The van der Waals surface area contributed by atoms with Gasteiger partial charge in [-0.1, -0.05) is 30.3 Å². The van der Waals surface area contributed by atoms with Gasteiger partial charge < -0.3 is 10.2 Å². The van der Waals surface area contributed by atoms with Crippen molar-refractivity contribution in [3.63, 3.8) is 0 Å². The van der Waals surface area contributed by atoms with Gasteiger partial charge in [-0.25, -0.2) is 0 Å². The number of nitrogens with two attached hydrogens (primary N) is 1. The molecule has 0 saturated heterocycles. The Kier molecular flexibility index (Phi) is 4.38. The number of fused-ring (bicyclic) bond motifs is 1. The molecule has 1 heterocycles. The average molecular weight is 362 g/mol. The van der Waals surface area contributed by atoms with Gasteiger partial charge in [0.15, 0.2) is 0 Å². The fourth-order valence-electron chi connectivity index (χ4n) is 2.24. The van der Waals surface area contributed by atoms with Crippen molar-refractivity contribution in [1.29, 1.82) is 0 Å². The molecule has 0 saturated carbocycles. The van der Waals surface area contributed by atoms with Crippen LogP contribution in [-0.2, 0) is 0 Å². The molecule has 0 fully saturated rings. The summed E-state index contributed by atoms with van der Waals surface area (Å²) in [7, 11) is 0. The number of rotatable bonds is 4. The Morgan fingerprint density at radius 1 is 1.19 bits per heavy atom. The first-order valence-electron chi connectivity index (χ1n) is 6.77. The first-order valence-corrected chi connectivity index (χ1v) is 8.55. The van der Waals surface area contributed by atoms with Crippen LogP contribution in [0.1, 0.15) is 17.4 Å². The number of aryl methyl sites for hydroxylation is 1. The number of benzene rings is 2. The molecule has 21 heavy (non-hydrogen) atoms. The molecule has 3 aromatic rings. The summed E-state index contributed by atoms with van der Waals surface area (Å²) in [5, 5.41) is 1.12. The fraction of sp³-hybridized carbons (Fsp3) is 0.176. The largest absolute Gasteiger partial charge is 0.459 e. The Bertz CT molecular complexity index is 768. The lowest BCUT2D eigenvalue weighted by Crippen LogP contribution is -2.11. The molecule has 0 amide bonds. The lowest BCUT2D eigenvalue weighted by Gasteiger charge is -2.09. The summed E-state index contributed by atoms with van der Waals surface area (Å²) in [6, 6.07) is 16.3. The van der Waals surface area contributed by atoms with E-state index in [-0.39, 0.29) is 6.04 Å². The zero-order chi connectivity index (χ0) is 14.8. The number of halogens is 1. The maximum Gasteiger partial charge on any atom is 0.137 e. The molecule has 1 atom stereocenters. The van der Waals surface area contributed by atoms with Gasteiger partial charge >= 0.3 is 0 Å². The van der Waals surface area contributed by atoms with E-state index in [1.165, 1.54) is 4.90 Å². The molecule has 0 aliphatic rings. The Hall–Kier alpha value is -1.23. The summed E-state index contributed by atoms with van der Waals surface area (Å²) in [4.78, 5) is 1.19. The second kappa shape index (κ2) is 6.26. The lowest BCUT2D eigenvalue weighted by atomic mass is 10.1. The molecule has 2 N–H and O–H groups in total. The number of para-hydroxylation sites is 1. The van der Waals surface area contributed by atoms with Gasteiger partial charge in [0.25, 0.3) is 0 Å². The standard InChI is InChI=1S/C17H16BrNOS/c1-11-5-4-6-12-9-15(20-17(11)12)14(19)10-21-16-8-3-2-7-13(16)18/h2-9,14H,10,19H2,1H3. The SMILES string of the molecule is Cc1cccc2cc(C(N)CSc3ccccc3Br)oc12. The Labute approximate surface area is 136 Å². The molecule has 0 aliphatic carbocycles. The molecule has 0 radical (unpaired) electrons. The van der Waals surface area contributed by atoms with Gasteiger partial charge in [0.05, 0.1) is 6.04 Å². The van der Waals surface area contributed by atoms with Crippen molar-refractivity contribution < 1.29 is 4.42 Å². The topological polar surface area (TPSA) is 39.2 Å². The predicted octanol–water partition coefficient (Wildman–Crippen LogP) is 5.30. The van der Waals surface area contributed by atoms with E-state index < -0.39 is 0 Å². The monoisotopic (exact) mass is 361 g/mol. The van der Waals surface area contributed by atoms with E-state index in [9.17, 15) is 0 Å². The molecule has 108 valence electrons. The zero-order valence-electron chi connectivity index (χ0n) is 11.7. The normalized spacial score (nSPS) is 12.7. The first kappa shape index (κ1) is 14.7. The van der Waals surface area contributed by atoms with Crippen LogP contribution in [0.3, 0.4) is 0 Å². The van der Waals surface area contributed by atoms with Crippen LogP contribution in [0, 0.1) is 6.92 Å². The summed E-state index contributed by atoms with van der Waals surface area (Å²) < 4.78 is 7.03. The van der Waals surface area contributed by atoms with E-state index in [0.717, 1.165) is 32.5 Å². The highest BCUT2D eigenvalue weighted by atomic mass is 79.9. The van der Waals surface area contributed by atoms with Crippen LogP contribution in [0.5, 0.6) is 0 Å². The van der Waals surface area contributed by atoms with E-state index in [0.29, 0.717) is 0 Å². The van der Waals surface area contributed by atoms with E-state index in [2.05, 4.69) is 41.1 Å². The third kappa shape index (κ3) is 3.18. The highest BCUT2D eigenvalue weighted by molar-refractivity contribution is 9.10. The summed E-state index contributed by atoms with van der Waals surface area (Å²) in [6.45, 7) is 2.05. The van der Waals surface area contributed by atoms with Crippen molar-refractivity contribution in [2.45, 2.75) is 17.9 Å². The summed E-state index contributed by atoms with van der Waals surface area (Å²) in [5.74, 6) is 1.63. The minimum atomic E-state index is -0.117. The third-order valence-electron chi connectivity index (χ3n) is 3.38. The van der Waals surface area contributed by atoms with Crippen LogP contribution in [0.25, 0.3) is 11.0 Å². The van der Waals surface area contributed by atoms with Crippen molar-refractivity contribution >= 4 is 38.7 Å². The van der Waals surface area contributed by atoms with Gasteiger partial charge in [0.2, 0.25) is 0 Å². The van der Waals surface area contributed by atoms with Crippen molar-refractivity contribution in [2.24, 2.45) is 5.73 Å². The quantitative estimate of drug-likeness (QED) is 0.641. The molecule has 0 spiro atoms. The molecule has 3 rings (SSSR count). The van der Waals surface area contributed by atoms with Crippen LogP contribution in [-0.4, -0.2) is 5.75 Å². The molecule has 2 aromatic carbocycles. The molecule has 2 nitrogen and oxygen atoms in total. The maximum absolute atomic E-state index is 6.28. The molecule has 4 heteroatoms. The van der Waals surface area contributed by atoms with Gasteiger partial charge in [0, 0.05) is 20.5 Å². The summed E-state index contributed by atoms with van der Waals surface area (Å²) >= 11 is 5.29. The van der Waals surface area contributed by atoms with Gasteiger partial charge in [-0.05, 0) is 46.6 Å². The summed E-state index contributed by atoms with van der Waals surface area (Å²) in [6.07, 6.45) is 0. The lowest BCUT2D eigenvalue weighted by molar-refractivity contribution is 0.514. The number of hydrogen-bond acceptors (Lipinski definition) is 3. The minimum absolute atomic E-state index is 0.117. The van der Waals surface area contributed by atoms with Crippen molar-refractivity contribution in [3.8, 4) is 0 Å². The molecule has 0 bridgehead atoms. The first-order chi connectivity index (χ1) is 10.1. The molecule has 0 aliphatic heterocycles. The van der Waals surface area contributed by atoms with Crippen molar-refractivity contribution in [2.75, 3.05) is 5.75 Å². The Morgan fingerprint density at radius 2 is 2.00 bits per heavy atom. The van der Waals surface area contributed by atoms with Gasteiger partial charge in [0.1, 0.15) is 11.3 Å². The molecular formula is C17H16BrNOS. The number of hydrogen-bond donors (Lipinski definition) is 1. The van der Waals surface area contributed by atoms with E-state index in [1.54, 1.807) is 11.8 Å². The van der Waals surface area contributed by atoms with Crippen LogP contribution >= 0.6 is 27.7 Å². The van der Waals surface area contributed by atoms with Crippen LogP contribution in [0.15, 0.2) is 62.3 Å². The third-order valence-corrected chi connectivity index (χ3v) is 5.53. The highest BCUT2D eigenvalue weighted by Gasteiger charge is 2.14. The van der Waals surface area contributed by atoms with Crippen LogP contribution in [0.2, 0.25) is 0 Å². The predicted molar refractivity (Wildman–Crippen MR) is 92.7 cm³/mol. The number of thioether (sulfide) groups is 1. The second-order valence-electron chi connectivity index (χ2n) is 4.99. The fourth-order valence-corrected chi connectivity index (χ4v) is 3.77. The van der Waals surface area contributed by atoms with Gasteiger partial charge in [-0.3, -0.25) is 0 Å². The van der Waals surface area contributed by atoms with Crippen LogP contribution < -0.4 is 5.73 Å². The maximum atomic E-state index is 6.28. The second-order valence-corrected chi connectivity index (χ2v) is 6.91. The van der Waals surface area contributed by atoms with E-state index in [1.807, 2.05) is 30.3 Å². The zero-order valence-corrected chi connectivity index (χ0v) is 14.1. The molecule has 1 unspecified atom stereocenters. The smallest absolute Gasteiger partial charge is 0.137 e. The highest BCUT2D eigenvalue weighted by Crippen LogP contribution is 2.31.